The largest absolute Gasteiger partial charge is 0.493 e. The summed E-state index contributed by atoms with van der Waals surface area (Å²) in [7, 11) is 0. The lowest BCUT2D eigenvalue weighted by Gasteiger charge is -2.29. The highest BCUT2D eigenvalue weighted by Crippen LogP contribution is 2.50. The Labute approximate surface area is 126 Å². The number of ether oxygens (including phenoxy) is 1. The van der Waals surface area contributed by atoms with Crippen LogP contribution in [0.5, 0.6) is 5.75 Å². The van der Waals surface area contributed by atoms with E-state index in [1.807, 2.05) is 12.1 Å². The SMILES string of the molecule is CC1CC(C)(C)CC1(O)Cc1cc(Cl)cc2c1OCC2. The Morgan fingerprint density at radius 3 is 2.80 bits per heavy atom. The molecule has 1 aliphatic heterocycles. The van der Waals surface area contributed by atoms with Crippen molar-refractivity contribution in [3.05, 3.63) is 28.3 Å². The van der Waals surface area contributed by atoms with Crippen LogP contribution in [0.1, 0.15) is 44.7 Å². The molecule has 1 aromatic rings. The predicted molar refractivity (Wildman–Crippen MR) is 81.5 cm³/mol. The van der Waals surface area contributed by atoms with Gasteiger partial charge in [-0.3, -0.25) is 0 Å². The molecule has 0 amide bonds. The lowest BCUT2D eigenvalue weighted by molar-refractivity contribution is 0.00399. The first kappa shape index (κ1) is 14.2. The lowest BCUT2D eigenvalue weighted by atomic mass is 9.84. The molecular weight excluding hydrogens is 272 g/mol. The van der Waals surface area contributed by atoms with Crippen LogP contribution >= 0.6 is 11.6 Å². The van der Waals surface area contributed by atoms with Gasteiger partial charge >= 0.3 is 0 Å². The molecule has 0 radical (unpaired) electrons. The quantitative estimate of drug-likeness (QED) is 0.893. The van der Waals surface area contributed by atoms with Crippen molar-refractivity contribution in [2.45, 2.75) is 52.1 Å². The third-order valence-electron chi connectivity index (χ3n) is 4.88. The summed E-state index contributed by atoms with van der Waals surface area (Å²) in [5.74, 6) is 1.26. The van der Waals surface area contributed by atoms with Crippen molar-refractivity contribution >= 4 is 11.6 Å². The minimum atomic E-state index is -0.645. The van der Waals surface area contributed by atoms with Crippen LogP contribution in [0.25, 0.3) is 0 Å². The molecule has 2 nitrogen and oxygen atoms in total. The van der Waals surface area contributed by atoms with Gasteiger partial charge in [0.15, 0.2) is 0 Å². The molecule has 3 heteroatoms. The first-order chi connectivity index (χ1) is 9.29. The van der Waals surface area contributed by atoms with Gasteiger partial charge in [-0.1, -0.05) is 32.4 Å². The average molecular weight is 295 g/mol. The highest BCUT2D eigenvalue weighted by atomic mass is 35.5. The van der Waals surface area contributed by atoms with Crippen molar-refractivity contribution < 1.29 is 9.84 Å². The fraction of sp³-hybridized carbons (Fsp3) is 0.647. The molecule has 0 spiro atoms. The molecule has 0 saturated heterocycles. The van der Waals surface area contributed by atoms with Crippen LogP contribution in [0.4, 0.5) is 0 Å². The smallest absolute Gasteiger partial charge is 0.126 e. The van der Waals surface area contributed by atoms with Crippen molar-refractivity contribution in [3.63, 3.8) is 0 Å². The van der Waals surface area contributed by atoms with Crippen LogP contribution in [0.15, 0.2) is 12.1 Å². The second-order valence-electron chi connectivity index (χ2n) is 7.38. The molecule has 110 valence electrons. The summed E-state index contributed by atoms with van der Waals surface area (Å²) >= 11 is 6.21. The number of halogens is 1. The molecule has 0 aromatic heterocycles. The maximum Gasteiger partial charge on any atom is 0.126 e. The van der Waals surface area contributed by atoms with Crippen molar-refractivity contribution in [2.75, 3.05) is 6.61 Å². The van der Waals surface area contributed by atoms with Crippen molar-refractivity contribution in [1.29, 1.82) is 0 Å². The fourth-order valence-electron chi connectivity index (χ4n) is 4.14. The number of hydrogen-bond donors (Lipinski definition) is 1. The van der Waals surface area contributed by atoms with Crippen LogP contribution in [0.2, 0.25) is 5.02 Å². The highest BCUT2D eigenvalue weighted by Gasteiger charge is 2.47. The van der Waals surface area contributed by atoms with Gasteiger partial charge in [0.1, 0.15) is 5.75 Å². The van der Waals surface area contributed by atoms with Gasteiger partial charge in [-0.25, -0.2) is 0 Å². The van der Waals surface area contributed by atoms with E-state index in [9.17, 15) is 5.11 Å². The Balaban J connectivity index is 1.92. The number of fused-ring (bicyclic) bond motifs is 1. The Hall–Kier alpha value is -0.730. The van der Waals surface area contributed by atoms with Gasteiger partial charge < -0.3 is 9.84 Å². The number of aliphatic hydroxyl groups is 1. The normalized spacial score (nSPS) is 31.1. The third kappa shape index (κ3) is 2.44. The van der Waals surface area contributed by atoms with Gasteiger partial charge in [0, 0.05) is 17.9 Å². The van der Waals surface area contributed by atoms with Gasteiger partial charge in [0.05, 0.1) is 12.2 Å². The zero-order valence-electron chi connectivity index (χ0n) is 12.5. The average Bonchev–Trinajstić information content (AvgIpc) is 2.81. The van der Waals surface area contributed by atoms with Crippen LogP contribution in [0, 0.1) is 11.3 Å². The Morgan fingerprint density at radius 2 is 2.15 bits per heavy atom. The van der Waals surface area contributed by atoms with Gasteiger partial charge in [0.25, 0.3) is 0 Å². The molecule has 2 aliphatic rings. The monoisotopic (exact) mass is 294 g/mol. The van der Waals surface area contributed by atoms with Crippen molar-refractivity contribution in [2.24, 2.45) is 11.3 Å². The maximum absolute atomic E-state index is 11.1. The fourth-order valence-corrected chi connectivity index (χ4v) is 4.40. The molecule has 1 aliphatic carbocycles. The summed E-state index contributed by atoms with van der Waals surface area (Å²) in [6.45, 7) is 7.35. The zero-order valence-corrected chi connectivity index (χ0v) is 13.3. The molecule has 20 heavy (non-hydrogen) atoms. The van der Waals surface area contributed by atoms with E-state index in [4.69, 9.17) is 16.3 Å². The molecule has 1 aromatic carbocycles. The standard InChI is InChI=1S/C17H23ClO2/c1-11-8-16(2,3)10-17(11,19)9-13-7-14(18)6-12-4-5-20-15(12)13/h6-7,11,19H,4-5,8-10H2,1-3H3. The summed E-state index contributed by atoms with van der Waals surface area (Å²) in [4.78, 5) is 0. The van der Waals surface area contributed by atoms with E-state index in [-0.39, 0.29) is 5.41 Å². The Bertz CT molecular complexity index is 538. The van der Waals surface area contributed by atoms with E-state index >= 15 is 0 Å². The predicted octanol–water partition coefficient (Wildman–Crippen LogP) is 4.00. The van der Waals surface area contributed by atoms with Crippen LogP contribution in [-0.2, 0) is 12.8 Å². The van der Waals surface area contributed by atoms with Gasteiger partial charge in [-0.2, -0.15) is 0 Å². The number of benzene rings is 1. The molecule has 1 heterocycles. The Kier molecular flexibility index (Phi) is 3.30. The van der Waals surface area contributed by atoms with E-state index in [1.54, 1.807) is 0 Å². The molecule has 3 rings (SSSR count). The van der Waals surface area contributed by atoms with Crippen LogP contribution in [0.3, 0.4) is 0 Å². The zero-order chi connectivity index (χ0) is 14.5. The van der Waals surface area contributed by atoms with Crippen LogP contribution in [-0.4, -0.2) is 17.3 Å². The summed E-state index contributed by atoms with van der Waals surface area (Å²) < 4.78 is 5.76. The number of hydrogen-bond acceptors (Lipinski definition) is 2. The third-order valence-corrected chi connectivity index (χ3v) is 5.10. The molecule has 1 saturated carbocycles. The molecule has 1 N–H and O–H groups in total. The van der Waals surface area contributed by atoms with Crippen molar-refractivity contribution in [3.8, 4) is 5.75 Å². The molecule has 0 bridgehead atoms. The summed E-state index contributed by atoms with van der Waals surface area (Å²) in [5.41, 5.74) is 1.81. The minimum Gasteiger partial charge on any atom is -0.493 e. The second-order valence-corrected chi connectivity index (χ2v) is 7.81. The van der Waals surface area contributed by atoms with Gasteiger partial charge in [0.2, 0.25) is 0 Å². The van der Waals surface area contributed by atoms with E-state index in [2.05, 4.69) is 20.8 Å². The first-order valence-corrected chi connectivity index (χ1v) is 7.83. The molecular formula is C17H23ClO2. The van der Waals surface area contributed by atoms with E-state index in [0.29, 0.717) is 12.3 Å². The summed E-state index contributed by atoms with van der Waals surface area (Å²) in [6, 6.07) is 3.95. The maximum atomic E-state index is 11.1. The van der Waals surface area contributed by atoms with Crippen LogP contribution < -0.4 is 4.74 Å². The molecule has 1 fully saturated rings. The van der Waals surface area contributed by atoms with E-state index in [0.717, 1.165) is 42.2 Å². The van der Waals surface area contributed by atoms with Gasteiger partial charge in [-0.15, -0.1) is 0 Å². The topological polar surface area (TPSA) is 29.5 Å². The molecule has 2 atom stereocenters. The van der Waals surface area contributed by atoms with Gasteiger partial charge in [-0.05, 0) is 47.4 Å². The summed E-state index contributed by atoms with van der Waals surface area (Å²) in [6.07, 6.45) is 3.46. The van der Waals surface area contributed by atoms with Crippen molar-refractivity contribution in [1.82, 2.24) is 0 Å². The minimum absolute atomic E-state index is 0.205. The number of rotatable bonds is 2. The highest BCUT2D eigenvalue weighted by molar-refractivity contribution is 6.30. The van der Waals surface area contributed by atoms with E-state index < -0.39 is 5.60 Å². The summed E-state index contributed by atoms with van der Waals surface area (Å²) in [5, 5.41) is 11.8. The lowest BCUT2D eigenvalue weighted by Crippen LogP contribution is -2.34. The Morgan fingerprint density at radius 1 is 1.40 bits per heavy atom. The van der Waals surface area contributed by atoms with E-state index in [1.165, 1.54) is 5.56 Å². The molecule has 2 unspecified atom stereocenters. The second kappa shape index (κ2) is 4.64. The first-order valence-electron chi connectivity index (χ1n) is 7.46.